The summed E-state index contributed by atoms with van der Waals surface area (Å²) in [6, 6.07) is 0. The molecule has 0 radical (unpaired) electrons. The van der Waals surface area contributed by atoms with E-state index in [-0.39, 0.29) is 77.2 Å². The fourth-order valence-corrected chi connectivity index (χ4v) is 0. The summed E-state index contributed by atoms with van der Waals surface area (Å²) < 4.78 is 77.2. The molecule has 0 unspecified atom stereocenters. The van der Waals surface area contributed by atoms with Crippen molar-refractivity contribution in [2.45, 2.75) is 0 Å². The van der Waals surface area contributed by atoms with Gasteiger partial charge in [-0.05, 0) is 0 Å². The van der Waals surface area contributed by atoms with Crippen LogP contribution in [0.25, 0.3) is 0 Å². The van der Waals surface area contributed by atoms with E-state index in [1.165, 1.54) is 0 Å². The van der Waals surface area contributed by atoms with E-state index in [1.807, 2.05) is 0 Å². The minimum Gasteiger partial charge on any atom is 3.00 e. The zero-order chi connectivity index (χ0) is 10.7. The molecule has 0 bridgehead atoms. The first-order chi connectivity index (χ1) is 5.20. The molecule has 0 saturated carbocycles. The molecule has 0 aromatic carbocycles. The molecule has 0 heterocycles. The first kappa shape index (κ1) is 30.7. The Hall–Kier alpha value is 3.87. The van der Waals surface area contributed by atoms with Crippen LogP contribution >= 0.6 is 0 Å². The van der Waals surface area contributed by atoms with E-state index >= 15 is 0 Å². The molecule has 0 aliphatic heterocycles. The first-order valence-electron chi connectivity index (χ1n) is 1.84. The average Bonchev–Trinajstić information content (AvgIpc) is 1.54. The van der Waals surface area contributed by atoms with Crippen LogP contribution in [0, 0.1) is 77.2 Å². The van der Waals surface area contributed by atoms with Crippen molar-refractivity contribution in [1.82, 2.24) is 0 Å². The summed E-state index contributed by atoms with van der Waals surface area (Å²) in [6.07, 6.45) is 0. The summed E-state index contributed by atoms with van der Waals surface area (Å²) in [5.41, 5.74) is 0. The summed E-state index contributed by atoms with van der Waals surface area (Å²) in [5, 5.41) is 0. The van der Waals surface area contributed by atoms with Gasteiger partial charge in [0.2, 0.25) is 0 Å². The molecule has 0 spiro atoms. The molecule has 0 aromatic rings. The Morgan fingerprint density at radius 2 is 0.500 bits per heavy atom. The predicted molar refractivity (Wildman–Crippen MR) is 2.06 cm³/mol. The smallest absolute Gasteiger partial charge is 3.00 e. The van der Waals surface area contributed by atoms with E-state index in [4.69, 9.17) is 32.1 Å². The van der Waals surface area contributed by atoms with Gasteiger partial charge in [0, 0.05) is 0 Å². The third-order valence-electron chi connectivity index (χ3n) is 0. The van der Waals surface area contributed by atoms with Crippen molar-refractivity contribution in [1.29, 1.82) is 0 Å². The molecule has 14 heavy (non-hydrogen) atoms. The van der Waals surface area contributed by atoms with Crippen molar-refractivity contribution < 1.29 is 165 Å². The van der Waals surface area contributed by atoms with E-state index in [2.05, 4.69) is 0 Å². The molecule has 0 N–H and O–H groups in total. The van der Waals surface area contributed by atoms with Crippen LogP contribution in [-0.4, -0.2) is 0 Å². The largest absolute Gasteiger partial charge is 3.00 e. The van der Waals surface area contributed by atoms with Gasteiger partial charge >= 0.3 is 165 Å². The maximum atomic E-state index is 8.58. The standard InChI is InChI=1S/9O.2Tb.3Ti/q;;;6*-1;2*+3;;;. The quantitative estimate of drug-likeness (QED) is 0.242. The van der Waals surface area contributed by atoms with E-state index in [0.717, 1.165) is 0 Å². The second kappa shape index (κ2) is 25.7. The van der Waals surface area contributed by atoms with Crippen LogP contribution in [-0.2, 0) is 65.8 Å². The molecule has 84 valence electrons. The summed E-state index contributed by atoms with van der Waals surface area (Å²) in [6.45, 7) is 0. The molecule has 0 aromatic heterocycles. The third kappa shape index (κ3) is 234. The molecule has 0 fully saturated rings. The van der Waals surface area contributed by atoms with E-state index in [9.17, 15) is 0 Å². The molecule has 0 amide bonds. The Morgan fingerprint density at radius 1 is 0.500 bits per heavy atom. The second-order valence-corrected chi connectivity index (χ2v) is 3.09. The maximum absolute atomic E-state index is 8.58. The third-order valence-corrected chi connectivity index (χ3v) is 0. The molecule has 9 nitrogen and oxygen atoms in total. The Morgan fingerprint density at radius 3 is 0.500 bits per heavy atom. The van der Waals surface area contributed by atoms with Gasteiger partial charge in [0.25, 0.3) is 0 Å². The van der Waals surface area contributed by atoms with Gasteiger partial charge in [-0.1, -0.05) is 0 Å². The molecule has 0 aliphatic rings. The van der Waals surface area contributed by atoms with Crippen LogP contribution in [0.1, 0.15) is 0 Å². The SMILES string of the molecule is [O]=[Ti]([O-])[O-].[O]=[Ti]([O-])[O-].[O]=[Ti]([O-])[O-].[Tb+3].[Tb+3]. The zero-order valence-electron chi connectivity index (χ0n) is 5.84. The minimum atomic E-state index is -4.08. The van der Waals surface area contributed by atoms with E-state index in [1.54, 1.807) is 0 Å². The monoisotopic (exact) mass is 606 g/mol. The number of hydrogen-bond acceptors (Lipinski definition) is 9. The van der Waals surface area contributed by atoms with Gasteiger partial charge in [-0.3, -0.25) is 0 Å². The summed E-state index contributed by atoms with van der Waals surface area (Å²) >= 11 is -12.2. The van der Waals surface area contributed by atoms with Gasteiger partial charge in [0.15, 0.2) is 0 Å². The number of hydrogen-bond donors (Lipinski definition) is 0. The van der Waals surface area contributed by atoms with Crippen molar-refractivity contribution in [3.05, 3.63) is 0 Å². The van der Waals surface area contributed by atoms with E-state index in [0.29, 0.717) is 0 Å². The fourth-order valence-electron chi connectivity index (χ4n) is 0. The van der Waals surface area contributed by atoms with Crippen LogP contribution in [0.2, 0.25) is 0 Å². The zero-order valence-corrected chi connectivity index (χ0v) is 14.8. The Labute approximate surface area is 161 Å². The number of rotatable bonds is 0. The summed E-state index contributed by atoms with van der Waals surface area (Å²) in [4.78, 5) is 0. The van der Waals surface area contributed by atoms with Gasteiger partial charge in [0.1, 0.15) is 0 Å². The second-order valence-electron chi connectivity index (χ2n) is 0.750. The van der Waals surface area contributed by atoms with Gasteiger partial charge < -0.3 is 0 Å². The topological polar surface area (TPSA) is 190 Å². The molecular formula is O9Tb2Ti3. The molecule has 0 rings (SSSR count). The van der Waals surface area contributed by atoms with Crippen molar-refractivity contribution in [2.75, 3.05) is 0 Å². The summed E-state index contributed by atoms with van der Waals surface area (Å²) in [7, 11) is 0. The molecule has 0 atom stereocenters. The van der Waals surface area contributed by atoms with Gasteiger partial charge in [-0.2, -0.15) is 0 Å². The van der Waals surface area contributed by atoms with Crippen molar-refractivity contribution in [2.24, 2.45) is 0 Å². The Balaban J connectivity index is -0.0000000270. The van der Waals surface area contributed by atoms with Crippen LogP contribution in [0.5, 0.6) is 0 Å². The van der Waals surface area contributed by atoms with E-state index < -0.39 is 55.8 Å². The van der Waals surface area contributed by atoms with Crippen LogP contribution < -0.4 is 22.1 Å². The van der Waals surface area contributed by atoms with Gasteiger partial charge in [-0.15, -0.1) is 0 Å². The van der Waals surface area contributed by atoms with Crippen LogP contribution in [0.4, 0.5) is 0 Å². The summed E-state index contributed by atoms with van der Waals surface area (Å²) in [5.74, 6) is 0. The average molecular weight is 605 g/mol. The fraction of sp³-hybridized carbons (Fsp3) is 0. The molecule has 0 aliphatic carbocycles. The minimum absolute atomic E-state index is 0. The van der Waals surface area contributed by atoms with Crippen molar-refractivity contribution in [3.63, 3.8) is 0 Å². The van der Waals surface area contributed by atoms with Gasteiger partial charge in [0.05, 0.1) is 0 Å². The molecule has 0 saturated heterocycles. The van der Waals surface area contributed by atoms with Crippen LogP contribution in [0.3, 0.4) is 0 Å². The predicted octanol–water partition coefficient (Wildman–Crippen LogP) is -7.50. The van der Waals surface area contributed by atoms with Gasteiger partial charge in [-0.25, -0.2) is 0 Å². The van der Waals surface area contributed by atoms with Crippen LogP contribution in [0.15, 0.2) is 0 Å². The van der Waals surface area contributed by atoms with Crippen molar-refractivity contribution >= 4 is 0 Å². The first-order valence-corrected chi connectivity index (χ1v) is 7.57. The molecule has 14 heteroatoms. The maximum Gasteiger partial charge on any atom is 3.00 e. The van der Waals surface area contributed by atoms with Crippen molar-refractivity contribution in [3.8, 4) is 0 Å². The molecular weight excluding hydrogens is 605 g/mol. The Bertz CT molecular complexity index is 116. The Kier molecular flexibility index (Phi) is 56.3. The normalized spacial score (nSPS) is 5.57.